The molecule has 2 heterocycles. The molecule has 1 atom stereocenters. The molecule has 2 N–H and O–H groups in total. The summed E-state index contributed by atoms with van der Waals surface area (Å²) in [4.78, 5) is 28.5. The van der Waals surface area contributed by atoms with Gasteiger partial charge in [-0.3, -0.25) is 14.5 Å². The summed E-state index contributed by atoms with van der Waals surface area (Å²) < 4.78 is 0. The van der Waals surface area contributed by atoms with Crippen LogP contribution in [0.5, 0.6) is 0 Å². The third-order valence-electron chi connectivity index (χ3n) is 4.58. The standard InChI is InChI=1S/C17H23ClN4O2/c18-14-3-1-2-4-15(14)22-12-13(11-16(22)23)17(24)20-7-10-21-8-5-19-6-9-21/h1-4,13,19H,5-12H2,(H,20,24). The number of nitrogens with one attached hydrogen (secondary N) is 2. The summed E-state index contributed by atoms with van der Waals surface area (Å²) in [5, 5.41) is 6.80. The first-order chi connectivity index (χ1) is 11.6. The van der Waals surface area contributed by atoms with Gasteiger partial charge in [0.25, 0.3) is 0 Å². The summed E-state index contributed by atoms with van der Waals surface area (Å²) in [6.07, 6.45) is 0.241. The molecule has 2 amide bonds. The molecule has 0 radical (unpaired) electrons. The van der Waals surface area contributed by atoms with Crippen molar-refractivity contribution in [2.45, 2.75) is 6.42 Å². The van der Waals surface area contributed by atoms with E-state index in [1.54, 1.807) is 11.0 Å². The van der Waals surface area contributed by atoms with E-state index in [-0.39, 0.29) is 24.2 Å². The van der Waals surface area contributed by atoms with Crippen LogP contribution in [0.2, 0.25) is 5.02 Å². The number of benzene rings is 1. The van der Waals surface area contributed by atoms with Crippen molar-refractivity contribution in [1.82, 2.24) is 15.5 Å². The molecule has 2 aliphatic heterocycles. The molecule has 0 bridgehead atoms. The van der Waals surface area contributed by atoms with Gasteiger partial charge in [0.15, 0.2) is 0 Å². The van der Waals surface area contributed by atoms with Crippen molar-refractivity contribution in [2.75, 3.05) is 50.7 Å². The predicted octanol–water partition coefficient (Wildman–Crippen LogP) is 0.714. The molecule has 2 fully saturated rings. The zero-order chi connectivity index (χ0) is 16.9. The molecule has 1 aromatic rings. The molecule has 24 heavy (non-hydrogen) atoms. The van der Waals surface area contributed by atoms with Gasteiger partial charge in [0.1, 0.15) is 0 Å². The van der Waals surface area contributed by atoms with Gasteiger partial charge in [-0.15, -0.1) is 0 Å². The lowest BCUT2D eigenvalue weighted by Crippen LogP contribution is -2.46. The average molecular weight is 351 g/mol. The first-order valence-corrected chi connectivity index (χ1v) is 8.78. The van der Waals surface area contributed by atoms with Crippen LogP contribution >= 0.6 is 11.6 Å². The Morgan fingerprint density at radius 1 is 1.29 bits per heavy atom. The number of hydrogen-bond donors (Lipinski definition) is 2. The van der Waals surface area contributed by atoms with Crippen LogP contribution in [0, 0.1) is 5.92 Å². The number of piperazine rings is 1. The summed E-state index contributed by atoms with van der Waals surface area (Å²) in [6, 6.07) is 7.23. The van der Waals surface area contributed by atoms with Gasteiger partial charge in [0.05, 0.1) is 16.6 Å². The Morgan fingerprint density at radius 3 is 2.79 bits per heavy atom. The van der Waals surface area contributed by atoms with Crippen LogP contribution < -0.4 is 15.5 Å². The van der Waals surface area contributed by atoms with Crippen LogP contribution in [0.25, 0.3) is 0 Å². The maximum atomic E-state index is 12.3. The SMILES string of the molecule is O=C(NCCN1CCNCC1)C1CC(=O)N(c2ccccc2Cl)C1. The van der Waals surface area contributed by atoms with Crippen LogP contribution in [0.3, 0.4) is 0 Å². The van der Waals surface area contributed by atoms with Crippen molar-refractivity contribution in [3.05, 3.63) is 29.3 Å². The first-order valence-electron chi connectivity index (χ1n) is 8.41. The second kappa shape index (κ2) is 7.96. The Kier molecular flexibility index (Phi) is 5.71. The summed E-state index contributed by atoms with van der Waals surface area (Å²) in [6.45, 7) is 5.88. The minimum atomic E-state index is -0.309. The number of nitrogens with zero attached hydrogens (tertiary/aromatic N) is 2. The van der Waals surface area contributed by atoms with E-state index in [0.717, 1.165) is 32.7 Å². The van der Waals surface area contributed by atoms with Gasteiger partial charge in [0, 0.05) is 52.2 Å². The number of carbonyl (C=O) groups is 2. The zero-order valence-electron chi connectivity index (χ0n) is 13.6. The molecule has 2 aliphatic rings. The highest BCUT2D eigenvalue weighted by atomic mass is 35.5. The average Bonchev–Trinajstić information content (AvgIpc) is 2.98. The van der Waals surface area contributed by atoms with E-state index < -0.39 is 0 Å². The van der Waals surface area contributed by atoms with Crippen LogP contribution in [0.1, 0.15) is 6.42 Å². The molecule has 0 spiro atoms. The van der Waals surface area contributed by atoms with Crippen molar-refractivity contribution in [2.24, 2.45) is 5.92 Å². The molecule has 0 saturated carbocycles. The topological polar surface area (TPSA) is 64.7 Å². The monoisotopic (exact) mass is 350 g/mol. The van der Waals surface area contributed by atoms with E-state index in [2.05, 4.69) is 15.5 Å². The Balaban J connectivity index is 1.49. The van der Waals surface area contributed by atoms with Gasteiger partial charge in [-0.05, 0) is 12.1 Å². The van der Waals surface area contributed by atoms with Crippen molar-refractivity contribution in [3.8, 4) is 0 Å². The Labute approximate surface area is 147 Å². The van der Waals surface area contributed by atoms with Crippen molar-refractivity contribution >= 4 is 29.1 Å². The highest BCUT2D eigenvalue weighted by Gasteiger charge is 2.35. The smallest absolute Gasteiger partial charge is 0.227 e. The van der Waals surface area contributed by atoms with Crippen molar-refractivity contribution in [3.63, 3.8) is 0 Å². The molecule has 1 unspecified atom stereocenters. The van der Waals surface area contributed by atoms with Gasteiger partial charge < -0.3 is 15.5 Å². The van der Waals surface area contributed by atoms with E-state index in [4.69, 9.17) is 11.6 Å². The summed E-state index contributed by atoms with van der Waals surface area (Å²) in [7, 11) is 0. The van der Waals surface area contributed by atoms with Gasteiger partial charge in [-0.1, -0.05) is 23.7 Å². The molecule has 3 rings (SSSR count). The number of para-hydroxylation sites is 1. The van der Waals surface area contributed by atoms with Gasteiger partial charge in [-0.2, -0.15) is 0 Å². The highest BCUT2D eigenvalue weighted by Crippen LogP contribution is 2.30. The lowest BCUT2D eigenvalue weighted by Gasteiger charge is -2.27. The Bertz CT molecular complexity index is 604. The largest absolute Gasteiger partial charge is 0.355 e. The molecular weight excluding hydrogens is 328 g/mol. The third-order valence-corrected chi connectivity index (χ3v) is 4.90. The second-order valence-corrected chi connectivity index (χ2v) is 6.65. The van der Waals surface area contributed by atoms with Gasteiger partial charge in [0.2, 0.25) is 11.8 Å². The van der Waals surface area contributed by atoms with E-state index in [1.165, 1.54) is 0 Å². The van der Waals surface area contributed by atoms with Gasteiger partial charge in [-0.25, -0.2) is 0 Å². The van der Waals surface area contributed by atoms with E-state index in [9.17, 15) is 9.59 Å². The third kappa shape index (κ3) is 4.06. The lowest BCUT2D eigenvalue weighted by atomic mass is 10.1. The highest BCUT2D eigenvalue weighted by molar-refractivity contribution is 6.33. The van der Waals surface area contributed by atoms with E-state index in [1.807, 2.05) is 18.2 Å². The fraction of sp³-hybridized carbons (Fsp3) is 0.529. The number of anilines is 1. The second-order valence-electron chi connectivity index (χ2n) is 6.24. The fourth-order valence-electron chi connectivity index (χ4n) is 3.20. The normalized spacial score (nSPS) is 22.0. The molecule has 2 saturated heterocycles. The maximum absolute atomic E-state index is 12.3. The minimum Gasteiger partial charge on any atom is -0.355 e. The molecule has 7 heteroatoms. The zero-order valence-corrected chi connectivity index (χ0v) is 14.4. The maximum Gasteiger partial charge on any atom is 0.227 e. The number of amides is 2. The van der Waals surface area contributed by atoms with E-state index >= 15 is 0 Å². The van der Waals surface area contributed by atoms with Crippen molar-refractivity contribution in [1.29, 1.82) is 0 Å². The molecule has 6 nitrogen and oxygen atoms in total. The van der Waals surface area contributed by atoms with E-state index in [0.29, 0.717) is 23.8 Å². The first kappa shape index (κ1) is 17.2. The number of carbonyl (C=O) groups excluding carboxylic acids is 2. The summed E-state index contributed by atoms with van der Waals surface area (Å²) in [5.41, 5.74) is 0.681. The van der Waals surface area contributed by atoms with Gasteiger partial charge >= 0.3 is 0 Å². The molecular formula is C17H23ClN4O2. The number of rotatable bonds is 5. The minimum absolute atomic E-state index is 0.0481. The molecule has 130 valence electrons. The van der Waals surface area contributed by atoms with Crippen LogP contribution in [0.4, 0.5) is 5.69 Å². The number of halogens is 1. The van der Waals surface area contributed by atoms with Crippen molar-refractivity contribution < 1.29 is 9.59 Å². The fourth-order valence-corrected chi connectivity index (χ4v) is 3.44. The predicted molar refractivity (Wildman–Crippen MR) is 94.2 cm³/mol. The molecule has 0 aliphatic carbocycles. The van der Waals surface area contributed by atoms with Crippen LogP contribution in [0.15, 0.2) is 24.3 Å². The Hall–Kier alpha value is -1.63. The lowest BCUT2D eigenvalue weighted by molar-refractivity contribution is -0.126. The quantitative estimate of drug-likeness (QED) is 0.821. The molecule has 1 aromatic carbocycles. The Morgan fingerprint density at radius 2 is 2.04 bits per heavy atom. The number of hydrogen-bond acceptors (Lipinski definition) is 4. The molecule has 0 aromatic heterocycles. The van der Waals surface area contributed by atoms with Crippen LogP contribution in [-0.4, -0.2) is 62.5 Å². The van der Waals surface area contributed by atoms with Crippen LogP contribution in [-0.2, 0) is 9.59 Å². The summed E-state index contributed by atoms with van der Waals surface area (Å²) >= 11 is 6.16. The summed E-state index contributed by atoms with van der Waals surface area (Å²) in [5.74, 6) is -0.407.